The number of aryl methyl sites for hydroxylation is 1. The number of thioether (sulfide) groups is 1. The molecule has 120 valence electrons. The van der Waals surface area contributed by atoms with Crippen LogP contribution >= 0.6 is 23.1 Å². The van der Waals surface area contributed by atoms with Gasteiger partial charge in [0, 0.05) is 16.2 Å². The number of fused-ring (bicyclic) bond motifs is 1. The molecule has 2 heterocycles. The molecule has 0 aliphatic rings. The Morgan fingerprint density at radius 3 is 2.78 bits per heavy atom. The van der Waals surface area contributed by atoms with Crippen molar-refractivity contribution in [3.63, 3.8) is 0 Å². The first-order valence-corrected chi connectivity index (χ1v) is 8.91. The van der Waals surface area contributed by atoms with Gasteiger partial charge in [-0.3, -0.25) is 4.79 Å². The molecular formula is C16H16N2O3S2. The summed E-state index contributed by atoms with van der Waals surface area (Å²) in [5, 5.41) is 19.3. The van der Waals surface area contributed by atoms with Gasteiger partial charge in [0.05, 0.1) is 18.1 Å². The van der Waals surface area contributed by atoms with Crippen LogP contribution in [0.1, 0.15) is 4.88 Å². The molecule has 0 bridgehead atoms. The number of thiophene rings is 1. The third-order valence-corrected chi connectivity index (χ3v) is 5.42. The summed E-state index contributed by atoms with van der Waals surface area (Å²) >= 11 is 2.71. The van der Waals surface area contributed by atoms with Gasteiger partial charge in [0.2, 0.25) is 0 Å². The molecule has 0 aliphatic heterocycles. The van der Waals surface area contributed by atoms with Crippen molar-refractivity contribution in [1.82, 2.24) is 9.97 Å². The Balaban J connectivity index is 2.06. The van der Waals surface area contributed by atoms with Gasteiger partial charge in [-0.2, -0.15) is 0 Å². The molecule has 0 spiro atoms. The summed E-state index contributed by atoms with van der Waals surface area (Å²) in [6, 6.07) is 9.79. The van der Waals surface area contributed by atoms with Crippen LogP contribution in [0.15, 0.2) is 40.3 Å². The van der Waals surface area contributed by atoms with Crippen molar-refractivity contribution in [2.75, 3.05) is 12.4 Å². The number of aromatic nitrogens is 2. The first-order valence-electron chi connectivity index (χ1n) is 7.10. The SMILES string of the molecule is Cc1sc2nc(SCC(O)CO)[nH]c(=O)c2c1-c1ccccc1. The van der Waals surface area contributed by atoms with Gasteiger partial charge >= 0.3 is 0 Å². The number of hydrogen-bond donors (Lipinski definition) is 3. The van der Waals surface area contributed by atoms with Gasteiger partial charge < -0.3 is 15.2 Å². The van der Waals surface area contributed by atoms with E-state index in [4.69, 9.17) is 5.11 Å². The minimum Gasteiger partial charge on any atom is -0.394 e. The van der Waals surface area contributed by atoms with Crippen molar-refractivity contribution >= 4 is 33.3 Å². The second kappa shape index (κ2) is 6.84. The van der Waals surface area contributed by atoms with E-state index >= 15 is 0 Å². The van der Waals surface area contributed by atoms with Crippen LogP contribution in [-0.4, -0.2) is 38.6 Å². The Bertz CT molecular complexity index is 874. The van der Waals surface area contributed by atoms with E-state index in [1.165, 1.54) is 23.1 Å². The Morgan fingerprint density at radius 1 is 1.35 bits per heavy atom. The zero-order chi connectivity index (χ0) is 16.4. The fraction of sp³-hybridized carbons (Fsp3) is 0.250. The molecule has 0 fully saturated rings. The summed E-state index contributed by atoms with van der Waals surface area (Å²) in [7, 11) is 0. The Labute approximate surface area is 141 Å². The maximum atomic E-state index is 12.5. The Hall–Kier alpha value is -1.67. The zero-order valence-corrected chi connectivity index (χ0v) is 14.1. The monoisotopic (exact) mass is 348 g/mol. The predicted molar refractivity (Wildman–Crippen MR) is 94.2 cm³/mol. The number of nitrogens with one attached hydrogen (secondary N) is 1. The molecule has 5 nitrogen and oxygen atoms in total. The van der Waals surface area contributed by atoms with Crippen molar-refractivity contribution in [2.45, 2.75) is 18.2 Å². The quantitative estimate of drug-likeness (QED) is 0.487. The third kappa shape index (κ3) is 3.32. The summed E-state index contributed by atoms with van der Waals surface area (Å²) in [6.07, 6.45) is -0.828. The van der Waals surface area contributed by atoms with Gasteiger partial charge in [-0.05, 0) is 12.5 Å². The molecule has 3 rings (SSSR count). The fourth-order valence-electron chi connectivity index (χ4n) is 2.35. The highest BCUT2D eigenvalue weighted by atomic mass is 32.2. The second-order valence-electron chi connectivity index (χ2n) is 5.10. The largest absolute Gasteiger partial charge is 0.394 e. The number of nitrogens with zero attached hydrogens (tertiary/aromatic N) is 1. The molecule has 0 saturated carbocycles. The van der Waals surface area contributed by atoms with E-state index < -0.39 is 6.10 Å². The molecule has 3 aromatic rings. The average Bonchev–Trinajstić information content (AvgIpc) is 2.89. The van der Waals surface area contributed by atoms with Crippen LogP contribution in [0.5, 0.6) is 0 Å². The topological polar surface area (TPSA) is 86.2 Å². The van der Waals surface area contributed by atoms with E-state index in [2.05, 4.69) is 9.97 Å². The molecule has 1 atom stereocenters. The lowest BCUT2D eigenvalue weighted by atomic mass is 10.0. The molecule has 0 radical (unpaired) electrons. The van der Waals surface area contributed by atoms with Gasteiger partial charge in [-0.1, -0.05) is 42.1 Å². The predicted octanol–water partition coefficient (Wildman–Crippen LogP) is 2.41. The first-order chi connectivity index (χ1) is 11.1. The van der Waals surface area contributed by atoms with Crippen LogP contribution in [0.25, 0.3) is 21.3 Å². The number of aliphatic hydroxyl groups is 2. The minimum atomic E-state index is -0.828. The Morgan fingerprint density at radius 2 is 2.09 bits per heavy atom. The molecule has 0 aliphatic carbocycles. The lowest BCUT2D eigenvalue weighted by Gasteiger charge is -2.06. The molecule has 2 aromatic heterocycles. The van der Waals surface area contributed by atoms with Gasteiger partial charge in [-0.15, -0.1) is 11.3 Å². The number of benzene rings is 1. The Kier molecular flexibility index (Phi) is 4.82. The highest BCUT2D eigenvalue weighted by Crippen LogP contribution is 2.35. The molecule has 7 heteroatoms. The maximum Gasteiger partial charge on any atom is 0.260 e. The molecule has 3 N–H and O–H groups in total. The smallest absolute Gasteiger partial charge is 0.260 e. The molecule has 0 saturated heterocycles. The molecule has 1 aromatic carbocycles. The zero-order valence-electron chi connectivity index (χ0n) is 12.4. The van der Waals surface area contributed by atoms with Crippen LogP contribution in [0.3, 0.4) is 0 Å². The van der Waals surface area contributed by atoms with Crippen molar-refractivity contribution in [2.24, 2.45) is 0 Å². The molecule has 23 heavy (non-hydrogen) atoms. The van der Waals surface area contributed by atoms with Gasteiger partial charge in [0.1, 0.15) is 4.83 Å². The summed E-state index contributed by atoms with van der Waals surface area (Å²) in [5.74, 6) is 0.279. The number of aliphatic hydroxyl groups excluding tert-OH is 2. The summed E-state index contributed by atoms with van der Waals surface area (Å²) in [5.41, 5.74) is 1.74. The van der Waals surface area contributed by atoms with Gasteiger partial charge in [-0.25, -0.2) is 4.98 Å². The summed E-state index contributed by atoms with van der Waals surface area (Å²) in [6.45, 7) is 1.67. The van der Waals surface area contributed by atoms with Crippen LogP contribution in [-0.2, 0) is 0 Å². The number of H-pyrrole nitrogens is 1. The number of aromatic amines is 1. The van der Waals surface area contributed by atoms with Crippen molar-refractivity contribution < 1.29 is 10.2 Å². The van der Waals surface area contributed by atoms with Crippen LogP contribution in [0.2, 0.25) is 0 Å². The standard InChI is InChI=1S/C16H16N2O3S2/c1-9-12(10-5-3-2-4-6-10)13-14(21)17-16(18-15(13)23-9)22-8-11(20)7-19/h2-6,11,19-20H,7-8H2,1H3,(H,17,18,21). The number of hydrogen-bond acceptors (Lipinski definition) is 6. The van der Waals surface area contributed by atoms with E-state index in [0.29, 0.717) is 15.4 Å². The number of rotatable bonds is 5. The fourth-order valence-corrected chi connectivity index (χ4v) is 4.23. The van der Waals surface area contributed by atoms with E-state index in [0.717, 1.165) is 16.0 Å². The van der Waals surface area contributed by atoms with E-state index in [-0.39, 0.29) is 17.9 Å². The summed E-state index contributed by atoms with van der Waals surface area (Å²) in [4.78, 5) is 21.5. The molecular weight excluding hydrogens is 332 g/mol. The second-order valence-corrected chi connectivity index (χ2v) is 7.31. The van der Waals surface area contributed by atoms with Crippen molar-refractivity contribution in [3.05, 3.63) is 45.6 Å². The third-order valence-electron chi connectivity index (χ3n) is 3.40. The maximum absolute atomic E-state index is 12.5. The molecule has 1 unspecified atom stereocenters. The van der Waals surface area contributed by atoms with E-state index in [1.54, 1.807) is 0 Å². The van der Waals surface area contributed by atoms with E-state index in [1.807, 2.05) is 37.3 Å². The molecule has 0 amide bonds. The normalized spacial score (nSPS) is 12.7. The highest BCUT2D eigenvalue weighted by Gasteiger charge is 2.17. The lowest BCUT2D eigenvalue weighted by Crippen LogP contribution is -2.16. The lowest BCUT2D eigenvalue weighted by molar-refractivity contribution is 0.113. The van der Waals surface area contributed by atoms with Gasteiger partial charge in [0.15, 0.2) is 5.16 Å². The highest BCUT2D eigenvalue weighted by molar-refractivity contribution is 7.99. The van der Waals surface area contributed by atoms with E-state index in [9.17, 15) is 9.90 Å². The summed E-state index contributed by atoms with van der Waals surface area (Å²) < 4.78 is 0. The minimum absolute atomic E-state index is 0.181. The van der Waals surface area contributed by atoms with Crippen molar-refractivity contribution in [3.8, 4) is 11.1 Å². The average molecular weight is 348 g/mol. The van der Waals surface area contributed by atoms with Crippen molar-refractivity contribution in [1.29, 1.82) is 0 Å². The van der Waals surface area contributed by atoms with Gasteiger partial charge in [0.25, 0.3) is 5.56 Å². The van der Waals surface area contributed by atoms with Crippen LogP contribution in [0.4, 0.5) is 0 Å². The van der Waals surface area contributed by atoms with Crippen LogP contribution in [0, 0.1) is 6.92 Å². The first kappa shape index (κ1) is 16.2. The van der Waals surface area contributed by atoms with Crippen LogP contribution < -0.4 is 5.56 Å².